The Morgan fingerprint density at radius 3 is 2.34 bits per heavy atom. The summed E-state index contributed by atoms with van der Waals surface area (Å²) >= 11 is 0. The van der Waals surface area contributed by atoms with Gasteiger partial charge in [-0.3, -0.25) is 9.59 Å². The van der Waals surface area contributed by atoms with Crippen molar-refractivity contribution in [1.29, 1.82) is 0 Å². The molecule has 0 spiro atoms. The number of aromatic nitrogens is 2. The zero-order valence-corrected chi connectivity index (χ0v) is 16.6. The molecule has 148 valence electrons. The Labute approximate surface area is 170 Å². The van der Waals surface area contributed by atoms with Crippen LogP contribution >= 0.6 is 0 Å². The van der Waals surface area contributed by atoms with Crippen LogP contribution in [0.25, 0.3) is 11.4 Å². The Kier molecular flexibility index (Phi) is 6.68. The van der Waals surface area contributed by atoms with Gasteiger partial charge in [0.15, 0.2) is 11.6 Å². The van der Waals surface area contributed by atoms with Crippen LogP contribution in [-0.2, 0) is 0 Å². The number of rotatable bonds is 8. The molecule has 1 amide bonds. The monoisotopic (exact) mass is 388 g/mol. The largest absolute Gasteiger partial charge is 0.370 e. The molecule has 0 fully saturated rings. The molecule has 2 aromatic carbocycles. The molecule has 29 heavy (non-hydrogen) atoms. The van der Waals surface area contributed by atoms with Crippen LogP contribution in [0.2, 0.25) is 0 Å². The molecule has 0 unspecified atom stereocenters. The molecule has 1 heterocycles. The molecule has 0 atom stereocenters. The third-order valence-electron chi connectivity index (χ3n) is 4.38. The molecule has 6 heteroatoms. The van der Waals surface area contributed by atoms with Crippen molar-refractivity contribution >= 4 is 23.2 Å². The maximum Gasteiger partial charge on any atom is 0.274 e. The second-order valence-corrected chi connectivity index (χ2v) is 6.70. The minimum absolute atomic E-state index is 0.0195. The molecule has 0 aliphatic carbocycles. The highest BCUT2D eigenvalue weighted by Crippen LogP contribution is 2.19. The van der Waals surface area contributed by atoms with Crippen molar-refractivity contribution in [2.24, 2.45) is 0 Å². The summed E-state index contributed by atoms with van der Waals surface area (Å²) in [5, 5.41) is 6.10. The molecule has 0 saturated carbocycles. The summed E-state index contributed by atoms with van der Waals surface area (Å²) in [5.74, 6) is 0.751. The third-order valence-corrected chi connectivity index (χ3v) is 4.38. The molecule has 0 radical (unpaired) electrons. The van der Waals surface area contributed by atoms with Gasteiger partial charge in [-0.2, -0.15) is 0 Å². The average molecular weight is 388 g/mol. The number of carbonyl (C=O) groups excluding carboxylic acids is 2. The molecule has 3 aromatic rings. The fourth-order valence-corrected chi connectivity index (χ4v) is 2.75. The number of nitrogens with one attached hydrogen (secondary N) is 2. The van der Waals surface area contributed by atoms with Crippen LogP contribution in [0.1, 0.15) is 47.5 Å². The van der Waals surface area contributed by atoms with Crippen LogP contribution < -0.4 is 10.6 Å². The number of hydrogen-bond donors (Lipinski definition) is 2. The first-order chi connectivity index (χ1) is 14.1. The second kappa shape index (κ2) is 9.59. The molecular formula is C23H24N4O2. The SMILES string of the molecule is CCCCNc1cc(C(=O)Nc2ccc(C(C)=O)cc2)nc(-c2ccccc2)n1. The molecular weight excluding hydrogens is 364 g/mol. The number of unbranched alkanes of at least 4 members (excludes halogenated alkanes) is 1. The normalized spacial score (nSPS) is 10.4. The Balaban J connectivity index is 1.86. The van der Waals surface area contributed by atoms with Gasteiger partial charge in [-0.25, -0.2) is 9.97 Å². The van der Waals surface area contributed by atoms with Crippen LogP contribution in [0.4, 0.5) is 11.5 Å². The quantitative estimate of drug-likeness (QED) is 0.427. The average Bonchev–Trinajstić information content (AvgIpc) is 2.75. The number of nitrogens with zero attached hydrogens (tertiary/aromatic N) is 2. The van der Waals surface area contributed by atoms with Crippen molar-refractivity contribution in [1.82, 2.24) is 9.97 Å². The van der Waals surface area contributed by atoms with Crippen LogP contribution in [0.5, 0.6) is 0 Å². The van der Waals surface area contributed by atoms with Crippen LogP contribution in [0.15, 0.2) is 60.7 Å². The number of carbonyl (C=O) groups is 2. The summed E-state index contributed by atoms with van der Waals surface area (Å²) in [6.45, 7) is 4.40. The first-order valence-electron chi connectivity index (χ1n) is 9.67. The van der Waals surface area contributed by atoms with Gasteiger partial charge >= 0.3 is 0 Å². The summed E-state index contributed by atoms with van der Waals surface area (Å²) in [4.78, 5) is 33.2. The molecule has 0 aliphatic heterocycles. The maximum absolute atomic E-state index is 12.8. The van der Waals surface area contributed by atoms with Crippen molar-refractivity contribution in [2.45, 2.75) is 26.7 Å². The molecule has 0 aliphatic rings. The summed E-state index contributed by atoms with van der Waals surface area (Å²) in [5.41, 5.74) is 2.30. The highest BCUT2D eigenvalue weighted by molar-refractivity contribution is 6.04. The first kappa shape index (κ1) is 20.2. The number of hydrogen-bond acceptors (Lipinski definition) is 5. The van der Waals surface area contributed by atoms with E-state index in [0.717, 1.165) is 24.9 Å². The molecule has 3 rings (SSSR count). The van der Waals surface area contributed by atoms with Crippen molar-refractivity contribution in [3.8, 4) is 11.4 Å². The number of amides is 1. The van der Waals surface area contributed by atoms with Crippen molar-refractivity contribution < 1.29 is 9.59 Å². The van der Waals surface area contributed by atoms with E-state index < -0.39 is 0 Å². The van der Waals surface area contributed by atoms with Crippen molar-refractivity contribution in [3.63, 3.8) is 0 Å². The van der Waals surface area contributed by atoms with E-state index in [1.165, 1.54) is 6.92 Å². The highest BCUT2D eigenvalue weighted by atomic mass is 16.2. The third kappa shape index (κ3) is 5.48. The van der Waals surface area contributed by atoms with E-state index in [1.807, 2.05) is 30.3 Å². The lowest BCUT2D eigenvalue weighted by molar-refractivity contribution is 0.101. The van der Waals surface area contributed by atoms with E-state index >= 15 is 0 Å². The molecule has 6 nitrogen and oxygen atoms in total. The van der Waals surface area contributed by atoms with E-state index in [1.54, 1.807) is 30.3 Å². The lowest BCUT2D eigenvalue weighted by Gasteiger charge is -2.11. The molecule has 1 aromatic heterocycles. The van der Waals surface area contributed by atoms with Crippen molar-refractivity contribution in [2.75, 3.05) is 17.2 Å². The predicted molar refractivity (Wildman–Crippen MR) is 115 cm³/mol. The fraction of sp³-hybridized carbons (Fsp3) is 0.217. The molecule has 0 bridgehead atoms. The molecule has 2 N–H and O–H groups in total. The summed E-state index contributed by atoms with van der Waals surface area (Å²) in [7, 11) is 0. The van der Waals surface area contributed by atoms with Crippen LogP contribution in [-0.4, -0.2) is 28.2 Å². The Morgan fingerprint density at radius 1 is 0.966 bits per heavy atom. The van der Waals surface area contributed by atoms with Crippen LogP contribution in [0.3, 0.4) is 0 Å². The number of Topliss-reactive ketones (excluding diaryl/α,β-unsaturated/α-hetero) is 1. The van der Waals surface area contributed by atoms with E-state index in [-0.39, 0.29) is 17.4 Å². The lowest BCUT2D eigenvalue weighted by Crippen LogP contribution is -2.16. The van der Waals surface area contributed by atoms with Gasteiger partial charge in [-0.15, -0.1) is 0 Å². The standard InChI is InChI=1S/C23H24N4O2/c1-3-4-14-24-21-15-20(26-22(27-21)18-8-6-5-7-9-18)23(29)25-19-12-10-17(11-13-19)16(2)28/h5-13,15H,3-4,14H2,1-2H3,(H,25,29)(H,24,26,27). The number of ketones is 1. The Morgan fingerprint density at radius 2 is 1.69 bits per heavy atom. The van der Waals surface area contributed by atoms with Crippen molar-refractivity contribution in [3.05, 3.63) is 71.9 Å². The van der Waals surface area contributed by atoms with Gasteiger partial charge in [0.25, 0.3) is 5.91 Å². The highest BCUT2D eigenvalue weighted by Gasteiger charge is 2.13. The van der Waals surface area contributed by atoms with E-state index in [4.69, 9.17) is 0 Å². The number of benzene rings is 2. The predicted octanol–water partition coefficient (Wildman–Crippen LogP) is 4.81. The fourth-order valence-electron chi connectivity index (χ4n) is 2.75. The topological polar surface area (TPSA) is 84.0 Å². The van der Waals surface area contributed by atoms with Gasteiger partial charge in [0.05, 0.1) is 0 Å². The van der Waals surface area contributed by atoms with E-state index in [2.05, 4.69) is 27.5 Å². The minimum Gasteiger partial charge on any atom is -0.370 e. The van der Waals surface area contributed by atoms with E-state index in [9.17, 15) is 9.59 Å². The number of anilines is 2. The zero-order valence-electron chi connectivity index (χ0n) is 16.6. The Hall–Kier alpha value is -3.54. The van der Waals surface area contributed by atoms with Gasteiger partial charge < -0.3 is 10.6 Å². The first-order valence-corrected chi connectivity index (χ1v) is 9.67. The summed E-state index contributed by atoms with van der Waals surface area (Å²) < 4.78 is 0. The van der Waals surface area contributed by atoms with Gasteiger partial charge in [-0.1, -0.05) is 43.7 Å². The zero-order chi connectivity index (χ0) is 20.6. The smallest absolute Gasteiger partial charge is 0.274 e. The summed E-state index contributed by atoms with van der Waals surface area (Å²) in [6.07, 6.45) is 2.07. The second-order valence-electron chi connectivity index (χ2n) is 6.70. The van der Waals surface area contributed by atoms with Crippen LogP contribution in [0, 0.1) is 0 Å². The van der Waals surface area contributed by atoms with E-state index in [0.29, 0.717) is 22.9 Å². The van der Waals surface area contributed by atoms with Gasteiger partial charge in [0, 0.05) is 29.4 Å². The van der Waals surface area contributed by atoms with Gasteiger partial charge in [-0.05, 0) is 37.6 Å². The summed E-state index contributed by atoms with van der Waals surface area (Å²) in [6, 6.07) is 18.0. The van der Waals surface area contributed by atoms with Gasteiger partial charge in [0.2, 0.25) is 0 Å². The minimum atomic E-state index is -0.335. The molecule has 0 saturated heterocycles. The Bertz CT molecular complexity index is 986. The van der Waals surface area contributed by atoms with Gasteiger partial charge in [0.1, 0.15) is 11.5 Å². The maximum atomic E-state index is 12.8. The lowest BCUT2D eigenvalue weighted by atomic mass is 10.1.